The van der Waals surface area contributed by atoms with Gasteiger partial charge in [-0.15, -0.1) is 11.3 Å². The molecule has 10 heteroatoms. The highest BCUT2D eigenvalue weighted by molar-refractivity contribution is 7.11. The van der Waals surface area contributed by atoms with Crippen LogP contribution in [0.3, 0.4) is 0 Å². The molecule has 1 aliphatic heterocycles. The van der Waals surface area contributed by atoms with Crippen LogP contribution >= 0.6 is 22.7 Å². The molecule has 2 aromatic heterocycles. The Labute approximate surface area is 184 Å². The highest BCUT2D eigenvalue weighted by Gasteiger charge is 2.34. The van der Waals surface area contributed by atoms with E-state index in [0.29, 0.717) is 20.6 Å². The van der Waals surface area contributed by atoms with Crippen LogP contribution in [-0.4, -0.2) is 22.1 Å². The Bertz CT molecular complexity index is 1380. The van der Waals surface area contributed by atoms with Crippen molar-refractivity contribution < 1.29 is 14.5 Å². The number of non-ortho nitro benzene ring substituents is 1. The highest BCUT2D eigenvalue weighted by Crippen LogP contribution is 2.32. The number of carbonyl (C=O) groups is 1. The molecule has 0 unspecified atom stereocenters. The van der Waals surface area contributed by atoms with Crippen LogP contribution in [0.2, 0.25) is 0 Å². The number of esters is 1. The number of thiophene rings is 1. The van der Waals surface area contributed by atoms with Crippen LogP contribution in [0.4, 0.5) is 5.69 Å². The Morgan fingerprint density at radius 3 is 2.84 bits per heavy atom. The van der Waals surface area contributed by atoms with Crippen LogP contribution in [0.5, 0.6) is 0 Å². The fraction of sp³-hybridized carbons (Fsp3) is 0.190. The predicted molar refractivity (Wildman–Crippen MR) is 118 cm³/mol. The lowest BCUT2D eigenvalue weighted by atomic mass is 9.95. The molecular formula is C21H17N3O5S2. The van der Waals surface area contributed by atoms with Crippen LogP contribution < -0.4 is 14.9 Å². The molecule has 3 aromatic rings. The Morgan fingerprint density at radius 2 is 2.16 bits per heavy atom. The maximum atomic E-state index is 13.4. The number of nitro benzene ring substituents is 1. The Balaban J connectivity index is 1.99. The van der Waals surface area contributed by atoms with Crippen LogP contribution in [0.25, 0.3) is 6.08 Å². The zero-order valence-electron chi connectivity index (χ0n) is 16.6. The molecule has 0 saturated carbocycles. The maximum absolute atomic E-state index is 13.4. The monoisotopic (exact) mass is 455 g/mol. The molecule has 0 saturated heterocycles. The molecule has 0 fully saturated rings. The second-order valence-electron chi connectivity index (χ2n) is 6.67. The van der Waals surface area contributed by atoms with E-state index in [1.165, 1.54) is 45.4 Å². The normalized spacial score (nSPS) is 16.1. The molecule has 0 N–H and O–H groups in total. The first-order valence-electron chi connectivity index (χ1n) is 9.38. The quantitative estimate of drug-likeness (QED) is 0.334. The summed E-state index contributed by atoms with van der Waals surface area (Å²) in [7, 11) is 0. The number of thiazole rings is 1. The third-order valence-corrected chi connectivity index (χ3v) is 6.53. The number of hydrogen-bond acceptors (Lipinski definition) is 8. The predicted octanol–water partition coefficient (Wildman–Crippen LogP) is 2.77. The van der Waals surface area contributed by atoms with E-state index in [-0.39, 0.29) is 23.4 Å². The van der Waals surface area contributed by atoms with Gasteiger partial charge in [-0.3, -0.25) is 19.5 Å². The summed E-state index contributed by atoms with van der Waals surface area (Å²) in [6, 6.07) is 8.85. The van der Waals surface area contributed by atoms with Gasteiger partial charge in [0.05, 0.1) is 33.4 Å². The molecule has 0 radical (unpaired) electrons. The summed E-state index contributed by atoms with van der Waals surface area (Å²) in [6.07, 6.45) is 1.78. The smallest absolute Gasteiger partial charge is 0.338 e. The van der Waals surface area contributed by atoms with Gasteiger partial charge in [0.25, 0.3) is 11.2 Å². The second kappa shape index (κ2) is 8.40. The van der Waals surface area contributed by atoms with Crippen molar-refractivity contribution in [2.45, 2.75) is 19.9 Å². The van der Waals surface area contributed by atoms with Crippen molar-refractivity contribution in [3.8, 4) is 0 Å². The standard InChI is InChI=1S/C21H17N3O5S2/c1-3-29-20(26)17-12(2)22-21-23(18(17)13-6-4-7-14(10-13)24(27)28)19(25)16(31-21)11-15-8-5-9-30-15/h4-11,18H,3H2,1-2H3/t18-/m1/s1. The van der Waals surface area contributed by atoms with Crippen LogP contribution in [0.1, 0.15) is 30.3 Å². The van der Waals surface area contributed by atoms with E-state index >= 15 is 0 Å². The Hall–Kier alpha value is -3.37. The largest absolute Gasteiger partial charge is 0.463 e. The molecule has 8 nitrogen and oxygen atoms in total. The number of nitrogens with zero attached hydrogens (tertiary/aromatic N) is 3. The highest BCUT2D eigenvalue weighted by atomic mass is 32.1. The van der Waals surface area contributed by atoms with E-state index in [1.54, 1.807) is 26.0 Å². The van der Waals surface area contributed by atoms with Gasteiger partial charge in [-0.2, -0.15) is 0 Å². The first-order valence-corrected chi connectivity index (χ1v) is 11.1. The van der Waals surface area contributed by atoms with E-state index in [9.17, 15) is 19.7 Å². The lowest BCUT2D eigenvalue weighted by Gasteiger charge is -2.24. The third-order valence-electron chi connectivity index (χ3n) is 4.73. The van der Waals surface area contributed by atoms with Gasteiger partial charge < -0.3 is 4.74 Å². The molecule has 31 heavy (non-hydrogen) atoms. The molecule has 0 amide bonds. The number of nitro groups is 1. The van der Waals surface area contributed by atoms with Gasteiger partial charge in [0.15, 0.2) is 4.80 Å². The van der Waals surface area contributed by atoms with Crippen LogP contribution in [0.15, 0.2) is 62.8 Å². The minimum atomic E-state index is -0.874. The summed E-state index contributed by atoms with van der Waals surface area (Å²) in [4.78, 5) is 42.8. The lowest BCUT2D eigenvalue weighted by Crippen LogP contribution is -2.39. The summed E-state index contributed by atoms with van der Waals surface area (Å²) in [5, 5.41) is 13.2. The van der Waals surface area contributed by atoms with Crippen molar-refractivity contribution >= 4 is 40.4 Å². The van der Waals surface area contributed by atoms with Gasteiger partial charge >= 0.3 is 5.97 Å². The molecule has 158 valence electrons. The number of hydrogen-bond donors (Lipinski definition) is 0. The van der Waals surface area contributed by atoms with Gasteiger partial charge in [-0.1, -0.05) is 29.5 Å². The zero-order chi connectivity index (χ0) is 22.1. The average Bonchev–Trinajstić information content (AvgIpc) is 3.35. The summed E-state index contributed by atoms with van der Waals surface area (Å²) >= 11 is 2.71. The van der Waals surface area contributed by atoms with E-state index in [0.717, 1.165) is 4.88 Å². The zero-order valence-corrected chi connectivity index (χ0v) is 18.2. The Kier molecular flexibility index (Phi) is 5.66. The summed E-state index contributed by atoms with van der Waals surface area (Å²) in [6.45, 7) is 3.51. The van der Waals surface area contributed by atoms with E-state index in [2.05, 4.69) is 4.99 Å². The van der Waals surface area contributed by atoms with E-state index in [1.807, 2.05) is 17.5 Å². The molecule has 0 aliphatic carbocycles. The van der Waals surface area contributed by atoms with E-state index in [4.69, 9.17) is 4.74 Å². The lowest BCUT2D eigenvalue weighted by molar-refractivity contribution is -0.384. The van der Waals surface area contributed by atoms with Crippen molar-refractivity contribution in [1.82, 2.24) is 4.57 Å². The summed E-state index contributed by atoms with van der Waals surface area (Å²) < 4.78 is 7.11. The van der Waals surface area contributed by atoms with Crippen molar-refractivity contribution in [1.29, 1.82) is 0 Å². The first-order chi connectivity index (χ1) is 14.9. The van der Waals surface area contributed by atoms with Crippen molar-refractivity contribution in [3.05, 3.63) is 93.3 Å². The summed E-state index contributed by atoms with van der Waals surface area (Å²) in [5.74, 6) is -0.604. The van der Waals surface area contributed by atoms with Gasteiger partial charge in [0.2, 0.25) is 0 Å². The average molecular weight is 456 g/mol. The topological polar surface area (TPSA) is 104 Å². The van der Waals surface area contributed by atoms with Crippen LogP contribution in [0, 0.1) is 10.1 Å². The SMILES string of the molecule is CCOC(=O)C1=C(C)N=c2sc(=Cc3cccs3)c(=O)n2[C@@H]1c1cccc([N+](=O)[O-])c1. The number of allylic oxidation sites excluding steroid dienone is 1. The van der Waals surface area contributed by atoms with Crippen molar-refractivity contribution in [2.75, 3.05) is 6.61 Å². The Morgan fingerprint density at radius 1 is 1.35 bits per heavy atom. The molecule has 0 bridgehead atoms. The minimum absolute atomic E-state index is 0.129. The summed E-state index contributed by atoms with van der Waals surface area (Å²) in [5.41, 5.74) is 0.602. The molecule has 3 heterocycles. The molecule has 0 spiro atoms. The van der Waals surface area contributed by atoms with Crippen molar-refractivity contribution in [2.24, 2.45) is 4.99 Å². The maximum Gasteiger partial charge on any atom is 0.338 e. The van der Waals surface area contributed by atoms with Gasteiger partial charge in [-0.25, -0.2) is 9.79 Å². The minimum Gasteiger partial charge on any atom is -0.463 e. The molecular weight excluding hydrogens is 438 g/mol. The number of aromatic nitrogens is 1. The fourth-order valence-electron chi connectivity index (χ4n) is 3.42. The molecule has 4 rings (SSSR count). The van der Waals surface area contributed by atoms with Crippen molar-refractivity contribution in [3.63, 3.8) is 0 Å². The molecule has 1 atom stereocenters. The van der Waals surface area contributed by atoms with Crippen LogP contribution in [-0.2, 0) is 9.53 Å². The number of rotatable bonds is 5. The van der Waals surface area contributed by atoms with Gasteiger partial charge in [-0.05, 0) is 36.9 Å². The van der Waals surface area contributed by atoms with Gasteiger partial charge in [0, 0.05) is 17.0 Å². The molecule has 1 aliphatic rings. The number of carbonyl (C=O) groups excluding carboxylic acids is 1. The molecule has 1 aromatic carbocycles. The second-order valence-corrected chi connectivity index (χ2v) is 8.66. The fourth-order valence-corrected chi connectivity index (χ4v) is 5.19. The van der Waals surface area contributed by atoms with E-state index < -0.39 is 16.9 Å². The number of fused-ring (bicyclic) bond motifs is 1. The number of ether oxygens (including phenoxy) is 1. The third kappa shape index (κ3) is 3.87. The van der Waals surface area contributed by atoms with Gasteiger partial charge in [0.1, 0.15) is 0 Å². The number of benzene rings is 1. The first kappa shape index (κ1) is 20.9.